The molecule has 2 aromatic carbocycles. The molecule has 0 aliphatic carbocycles. The van der Waals surface area contributed by atoms with Crippen LogP contribution in [0.5, 0.6) is 5.75 Å². The van der Waals surface area contributed by atoms with Gasteiger partial charge in [0.25, 0.3) is 5.91 Å². The monoisotopic (exact) mass is 444 g/mol. The summed E-state index contributed by atoms with van der Waals surface area (Å²) >= 11 is 0. The summed E-state index contributed by atoms with van der Waals surface area (Å²) in [5.41, 5.74) is 1.01. The molecular weight excluding hydrogens is 424 g/mol. The maximum Gasteiger partial charge on any atom is 0.257 e. The van der Waals surface area contributed by atoms with Gasteiger partial charge in [-0.2, -0.15) is 8.99 Å². The summed E-state index contributed by atoms with van der Waals surface area (Å²) < 4.78 is 39.3. The van der Waals surface area contributed by atoms with Gasteiger partial charge < -0.3 is 14.8 Å². The van der Waals surface area contributed by atoms with Crippen LogP contribution in [0.2, 0.25) is 0 Å². The molecule has 11 nitrogen and oxygen atoms in total. The van der Waals surface area contributed by atoms with Gasteiger partial charge in [0.15, 0.2) is 0 Å². The number of nitrogens with zero attached hydrogens (tertiary/aromatic N) is 5. The lowest BCUT2D eigenvalue weighted by atomic mass is 10.1. The third-order valence-corrected chi connectivity index (χ3v) is 6.67. The molecule has 1 aliphatic rings. The Morgan fingerprint density at radius 3 is 2.65 bits per heavy atom. The van der Waals surface area contributed by atoms with Gasteiger partial charge in [-0.15, -0.1) is 5.10 Å². The number of hydrogen-bond donors (Lipinski definition) is 1. The molecule has 4 rings (SSSR count). The number of carbonyl (C=O) groups excluding carboxylic acids is 1. The molecular formula is C19H20N6O5S. The molecule has 3 aromatic rings. The minimum Gasteiger partial charge on any atom is -0.495 e. The fraction of sp³-hybridized carbons (Fsp3) is 0.263. The van der Waals surface area contributed by atoms with E-state index in [1.165, 1.54) is 40.6 Å². The number of amides is 1. The lowest BCUT2D eigenvalue weighted by Gasteiger charge is -2.26. The molecule has 1 fully saturated rings. The summed E-state index contributed by atoms with van der Waals surface area (Å²) in [5.74, 6) is -0.139. The van der Waals surface area contributed by atoms with Crippen molar-refractivity contribution in [3.8, 4) is 11.4 Å². The molecule has 162 valence electrons. The van der Waals surface area contributed by atoms with E-state index in [0.717, 1.165) is 0 Å². The van der Waals surface area contributed by atoms with E-state index in [2.05, 4.69) is 20.8 Å². The zero-order chi connectivity index (χ0) is 21.8. The van der Waals surface area contributed by atoms with Gasteiger partial charge in [-0.1, -0.05) is 12.1 Å². The molecule has 1 saturated heterocycles. The Hall–Kier alpha value is -3.35. The molecule has 12 heteroatoms. The molecule has 0 unspecified atom stereocenters. The molecule has 1 aromatic heterocycles. The van der Waals surface area contributed by atoms with Gasteiger partial charge >= 0.3 is 0 Å². The van der Waals surface area contributed by atoms with Gasteiger partial charge in [0.1, 0.15) is 12.1 Å². The number of methoxy groups -OCH3 is 1. The van der Waals surface area contributed by atoms with Crippen molar-refractivity contribution in [3.63, 3.8) is 0 Å². The average molecular weight is 444 g/mol. The quantitative estimate of drug-likeness (QED) is 0.595. The number of hydrogen-bond acceptors (Lipinski definition) is 8. The van der Waals surface area contributed by atoms with E-state index in [1.54, 1.807) is 24.3 Å². The maximum absolute atomic E-state index is 13.0. The normalized spacial score (nSPS) is 14.9. The van der Waals surface area contributed by atoms with Gasteiger partial charge in [0.2, 0.25) is 10.0 Å². The number of tetrazole rings is 1. The van der Waals surface area contributed by atoms with Crippen molar-refractivity contribution in [1.82, 2.24) is 24.5 Å². The van der Waals surface area contributed by atoms with E-state index in [4.69, 9.17) is 9.47 Å². The molecule has 1 N–H and O–H groups in total. The predicted molar refractivity (Wildman–Crippen MR) is 110 cm³/mol. The Labute approximate surface area is 178 Å². The highest BCUT2D eigenvalue weighted by Crippen LogP contribution is 2.30. The molecule has 0 saturated carbocycles. The number of nitrogens with one attached hydrogen (secondary N) is 1. The van der Waals surface area contributed by atoms with Gasteiger partial charge in [-0.05, 0) is 40.8 Å². The first-order valence-corrected chi connectivity index (χ1v) is 10.8. The van der Waals surface area contributed by atoms with Crippen LogP contribution in [0, 0.1) is 0 Å². The summed E-state index contributed by atoms with van der Waals surface area (Å²) in [6.45, 7) is 1.23. The Morgan fingerprint density at radius 2 is 1.94 bits per heavy atom. The molecule has 0 spiro atoms. The van der Waals surface area contributed by atoms with Gasteiger partial charge in [0.05, 0.1) is 42.2 Å². The summed E-state index contributed by atoms with van der Waals surface area (Å²) in [7, 11) is -2.30. The van der Waals surface area contributed by atoms with E-state index in [9.17, 15) is 13.2 Å². The summed E-state index contributed by atoms with van der Waals surface area (Å²) in [5, 5.41) is 13.8. The number of sulfonamides is 1. The van der Waals surface area contributed by atoms with Gasteiger partial charge in [-0.25, -0.2) is 8.42 Å². The molecule has 0 atom stereocenters. The second-order valence-electron chi connectivity index (χ2n) is 6.60. The second kappa shape index (κ2) is 8.79. The lowest BCUT2D eigenvalue weighted by Crippen LogP contribution is -2.40. The summed E-state index contributed by atoms with van der Waals surface area (Å²) in [6, 6.07) is 11.1. The third-order valence-electron chi connectivity index (χ3n) is 4.77. The molecule has 0 radical (unpaired) electrons. The lowest BCUT2D eigenvalue weighted by molar-refractivity contribution is 0.0730. The van der Waals surface area contributed by atoms with Gasteiger partial charge in [0, 0.05) is 13.1 Å². The highest BCUT2D eigenvalue weighted by Gasteiger charge is 2.27. The molecule has 1 aliphatic heterocycles. The number of morpholine rings is 1. The molecule has 2 heterocycles. The Morgan fingerprint density at radius 1 is 1.16 bits per heavy atom. The highest BCUT2D eigenvalue weighted by molar-refractivity contribution is 7.89. The van der Waals surface area contributed by atoms with Crippen LogP contribution in [0.4, 0.5) is 5.69 Å². The minimum absolute atomic E-state index is 0.0549. The fourth-order valence-corrected chi connectivity index (χ4v) is 4.64. The van der Waals surface area contributed by atoms with Crippen molar-refractivity contribution in [2.75, 3.05) is 38.7 Å². The molecule has 31 heavy (non-hydrogen) atoms. The summed E-state index contributed by atoms with van der Waals surface area (Å²) in [4.78, 5) is 13.1. The topological polar surface area (TPSA) is 129 Å². The van der Waals surface area contributed by atoms with Crippen LogP contribution in [-0.4, -0.2) is 72.3 Å². The Balaban J connectivity index is 1.66. The maximum atomic E-state index is 13.0. The van der Waals surface area contributed by atoms with Crippen LogP contribution in [-0.2, 0) is 14.8 Å². The molecule has 1 amide bonds. The summed E-state index contributed by atoms with van der Waals surface area (Å²) in [6.07, 6.45) is 1.38. The van der Waals surface area contributed by atoms with E-state index >= 15 is 0 Å². The number of rotatable bonds is 6. The van der Waals surface area contributed by atoms with Crippen LogP contribution in [0.25, 0.3) is 5.69 Å². The second-order valence-corrected chi connectivity index (χ2v) is 8.54. The van der Waals surface area contributed by atoms with Crippen LogP contribution in [0.1, 0.15) is 10.4 Å². The van der Waals surface area contributed by atoms with Crippen LogP contribution in [0.3, 0.4) is 0 Å². The highest BCUT2D eigenvalue weighted by atomic mass is 32.2. The SMILES string of the molecule is COc1ccc(S(=O)(=O)N2CCOCC2)cc1NC(=O)c1ccccc1-n1cnnn1. The fourth-order valence-electron chi connectivity index (χ4n) is 3.21. The Kier molecular flexibility index (Phi) is 5.93. The van der Waals surface area contributed by atoms with E-state index < -0.39 is 15.9 Å². The van der Waals surface area contributed by atoms with E-state index in [0.29, 0.717) is 30.2 Å². The number of carbonyl (C=O) groups is 1. The zero-order valence-electron chi connectivity index (χ0n) is 16.6. The largest absolute Gasteiger partial charge is 0.495 e. The average Bonchev–Trinajstić information content (AvgIpc) is 3.34. The van der Waals surface area contributed by atoms with Crippen molar-refractivity contribution in [1.29, 1.82) is 0 Å². The van der Waals surface area contributed by atoms with E-state index in [1.807, 2.05) is 0 Å². The minimum atomic E-state index is -3.74. The standard InChI is InChI=1S/C19H20N6O5S/c1-29-18-7-6-14(31(27,28)24-8-10-30-11-9-24)12-16(18)21-19(26)15-4-2-3-5-17(15)25-13-20-22-23-25/h2-7,12-13H,8-11H2,1H3,(H,21,26). The van der Waals surface area contributed by atoms with Crippen molar-refractivity contribution < 1.29 is 22.7 Å². The molecule has 0 bridgehead atoms. The first kappa shape index (κ1) is 20.9. The number of benzene rings is 2. The number of ether oxygens (including phenoxy) is 2. The smallest absolute Gasteiger partial charge is 0.257 e. The number of para-hydroxylation sites is 1. The number of aromatic nitrogens is 4. The zero-order valence-corrected chi connectivity index (χ0v) is 17.4. The van der Waals surface area contributed by atoms with Crippen molar-refractivity contribution in [2.45, 2.75) is 4.90 Å². The third kappa shape index (κ3) is 4.26. The van der Waals surface area contributed by atoms with Gasteiger partial charge in [-0.3, -0.25) is 4.79 Å². The van der Waals surface area contributed by atoms with Crippen molar-refractivity contribution in [3.05, 3.63) is 54.4 Å². The van der Waals surface area contributed by atoms with Crippen LogP contribution < -0.4 is 10.1 Å². The van der Waals surface area contributed by atoms with Crippen LogP contribution >= 0.6 is 0 Å². The van der Waals surface area contributed by atoms with E-state index in [-0.39, 0.29) is 23.7 Å². The first-order chi connectivity index (χ1) is 15.0. The predicted octanol–water partition coefficient (Wildman–Crippen LogP) is 0.944. The van der Waals surface area contributed by atoms with Crippen LogP contribution in [0.15, 0.2) is 53.7 Å². The number of anilines is 1. The van der Waals surface area contributed by atoms with Crippen molar-refractivity contribution in [2.24, 2.45) is 0 Å². The van der Waals surface area contributed by atoms with Crippen molar-refractivity contribution >= 4 is 21.6 Å². The first-order valence-electron chi connectivity index (χ1n) is 9.40. The Bertz CT molecular complexity index is 1180.